The number of hydrogen-bond acceptors (Lipinski definition) is 4. The first-order valence-electron chi connectivity index (χ1n) is 8.55. The van der Waals surface area contributed by atoms with E-state index in [1.54, 1.807) is 59.2 Å². The quantitative estimate of drug-likeness (QED) is 0.806. The molecule has 142 valence electrons. The second kappa shape index (κ2) is 7.88. The fraction of sp³-hybridized carbons (Fsp3) is 0.300. The largest absolute Gasteiger partial charge is 0.497 e. The summed E-state index contributed by atoms with van der Waals surface area (Å²) < 4.78 is 10.5. The summed E-state index contributed by atoms with van der Waals surface area (Å²) in [7, 11) is 3.06. The number of rotatable bonds is 4. The number of benzene rings is 2. The Morgan fingerprint density at radius 1 is 1.04 bits per heavy atom. The van der Waals surface area contributed by atoms with Gasteiger partial charge in [0.25, 0.3) is 5.91 Å². The Labute approximate surface area is 163 Å². The highest BCUT2D eigenvalue weighted by molar-refractivity contribution is 6.30. The predicted molar refractivity (Wildman–Crippen MR) is 104 cm³/mol. The lowest BCUT2D eigenvalue weighted by molar-refractivity contribution is -0.124. The summed E-state index contributed by atoms with van der Waals surface area (Å²) in [5.74, 6) is 0.684. The highest BCUT2D eigenvalue weighted by atomic mass is 35.5. The van der Waals surface area contributed by atoms with Crippen LogP contribution in [0.15, 0.2) is 42.5 Å². The molecule has 0 N–H and O–H groups in total. The maximum atomic E-state index is 13.0. The van der Waals surface area contributed by atoms with Crippen molar-refractivity contribution in [3.63, 3.8) is 0 Å². The molecule has 27 heavy (non-hydrogen) atoms. The molecule has 0 unspecified atom stereocenters. The molecule has 1 saturated heterocycles. The summed E-state index contributed by atoms with van der Waals surface area (Å²) in [6, 6.07) is 11.5. The SMILES string of the molecule is COc1cc(OC)cc(C(=O)N2CCN(c3ccc(Cl)cc3)C(=O)[C@@H]2C)c1. The van der Waals surface area contributed by atoms with Crippen LogP contribution in [0.2, 0.25) is 5.02 Å². The standard InChI is InChI=1S/C20H21ClN2O4/c1-13-19(24)23(16-6-4-15(21)5-7-16)9-8-22(13)20(25)14-10-17(26-2)12-18(11-14)27-3/h4-7,10-13H,8-9H2,1-3H3/t13-/m0/s1. The second-order valence-electron chi connectivity index (χ2n) is 6.24. The van der Waals surface area contributed by atoms with E-state index >= 15 is 0 Å². The van der Waals surface area contributed by atoms with Crippen LogP contribution in [0.3, 0.4) is 0 Å². The number of halogens is 1. The van der Waals surface area contributed by atoms with Gasteiger partial charge in [0.15, 0.2) is 0 Å². The normalized spacial score (nSPS) is 17.0. The Kier molecular flexibility index (Phi) is 5.56. The van der Waals surface area contributed by atoms with Crippen LogP contribution in [0.5, 0.6) is 11.5 Å². The van der Waals surface area contributed by atoms with E-state index in [0.29, 0.717) is 35.2 Å². The van der Waals surface area contributed by atoms with Crippen molar-refractivity contribution >= 4 is 29.1 Å². The number of piperazine rings is 1. The van der Waals surface area contributed by atoms with Crippen LogP contribution >= 0.6 is 11.6 Å². The van der Waals surface area contributed by atoms with E-state index in [4.69, 9.17) is 21.1 Å². The molecule has 1 heterocycles. The first-order valence-corrected chi connectivity index (χ1v) is 8.93. The minimum atomic E-state index is -0.584. The van der Waals surface area contributed by atoms with Gasteiger partial charge in [-0.3, -0.25) is 9.59 Å². The molecule has 1 aliphatic heterocycles. The molecule has 2 aromatic rings. The molecule has 0 radical (unpaired) electrons. The summed E-state index contributed by atoms with van der Waals surface area (Å²) in [6.45, 7) is 2.57. The molecule has 1 fully saturated rings. The van der Waals surface area contributed by atoms with Crippen molar-refractivity contribution < 1.29 is 19.1 Å². The van der Waals surface area contributed by atoms with Gasteiger partial charge >= 0.3 is 0 Å². The van der Waals surface area contributed by atoms with Crippen molar-refractivity contribution in [2.75, 3.05) is 32.2 Å². The van der Waals surface area contributed by atoms with Gasteiger partial charge in [0.05, 0.1) is 14.2 Å². The summed E-state index contributed by atoms with van der Waals surface area (Å²) in [6.07, 6.45) is 0. The van der Waals surface area contributed by atoms with Crippen molar-refractivity contribution in [2.24, 2.45) is 0 Å². The number of carbonyl (C=O) groups excluding carboxylic acids is 2. The zero-order valence-corrected chi connectivity index (χ0v) is 16.2. The highest BCUT2D eigenvalue weighted by Crippen LogP contribution is 2.26. The summed E-state index contributed by atoms with van der Waals surface area (Å²) in [5.41, 5.74) is 1.19. The summed E-state index contributed by atoms with van der Waals surface area (Å²) >= 11 is 5.92. The Bertz CT molecular complexity index is 831. The summed E-state index contributed by atoms with van der Waals surface area (Å²) in [5, 5.41) is 0.611. The molecule has 6 nitrogen and oxygen atoms in total. The van der Waals surface area contributed by atoms with E-state index in [1.807, 2.05) is 0 Å². The molecule has 2 aromatic carbocycles. The number of ether oxygens (including phenoxy) is 2. The lowest BCUT2D eigenvalue weighted by Gasteiger charge is -2.39. The smallest absolute Gasteiger partial charge is 0.254 e. The number of amides is 2. The van der Waals surface area contributed by atoms with Gasteiger partial charge in [-0.05, 0) is 43.3 Å². The fourth-order valence-electron chi connectivity index (χ4n) is 3.12. The molecular weight excluding hydrogens is 368 g/mol. The minimum Gasteiger partial charge on any atom is -0.497 e. The van der Waals surface area contributed by atoms with Crippen molar-refractivity contribution in [1.82, 2.24) is 4.90 Å². The Hall–Kier alpha value is -2.73. The van der Waals surface area contributed by atoms with Gasteiger partial charge < -0.3 is 19.3 Å². The first kappa shape index (κ1) is 19.0. The maximum Gasteiger partial charge on any atom is 0.254 e. The number of methoxy groups -OCH3 is 2. The Balaban J connectivity index is 1.82. The van der Waals surface area contributed by atoms with E-state index in [-0.39, 0.29) is 11.8 Å². The van der Waals surface area contributed by atoms with Gasteiger partial charge in [-0.25, -0.2) is 0 Å². The van der Waals surface area contributed by atoms with Crippen LogP contribution in [0, 0.1) is 0 Å². The Morgan fingerprint density at radius 3 is 2.19 bits per heavy atom. The molecule has 0 aromatic heterocycles. The maximum absolute atomic E-state index is 13.0. The molecule has 7 heteroatoms. The molecule has 0 saturated carbocycles. The topological polar surface area (TPSA) is 59.1 Å². The Morgan fingerprint density at radius 2 is 1.63 bits per heavy atom. The number of anilines is 1. The molecule has 2 amide bonds. The predicted octanol–water partition coefficient (Wildman–Crippen LogP) is 3.23. The molecule has 0 spiro atoms. The van der Waals surface area contributed by atoms with Crippen LogP contribution in [-0.4, -0.2) is 50.1 Å². The molecule has 3 rings (SSSR count). The molecule has 1 aliphatic rings. The molecule has 0 aliphatic carbocycles. The average Bonchev–Trinajstić information content (AvgIpc) is 2.70. The van der Waals surface area contributed by atoms with E-state index < -0.39 is 6.04 Å². The molecule has 0 bridgehead atoms. The van der Waals surface area contributed by atoms with Crippen LogP contribution in [0.25, 0.3) is 0 Å². The molecule has 1 atom stereocenters. The molecular formula is C20H21ClN2O4. The van der Waals surface area contributed by atoms with Gasteiger partial charge in [0, 0.05) is 35.4 Å². The first-order chi connectivity index (χ1) is 12.9. The van der Waals surface area contributed by atoms with E-state index in [1.165, 1.54) is 14.2 Å². The van der Waals surface area contributed by atoms with E-state index in [2.05, 4.69) is 0 Å². The highest BCUT2D eigenvalue weighted by Gasteiger charge is 2.35. The van der Waals surface area contributed by atoms with Crippen LogP contribution in [0.1, 0.15) is 17.3 Å². The minimum absolute atomic E-state index is 0.133. The van der Waals surface area contributed by atoms with Crippen molar-refractivity contribution in [2.45, 2.75) is 13.0 Å². The van der Waals surface area contributed by atoms with E-state index in [9.17, 15) is 9.59 Å². The van der Waals surface area contributed by atoms with Gasteiger partial charge in [-0.15, -0.1) is 0 Å². The van der Waals surface area contributed by atoms with Crippen LogP contribution in [0.4, 0.5) is 5.69 Å². The van der Waals surface area contributed by atoms with Crippen molar-refractivity contribution in [1.29, 1.82) is 0 Å². The van der Waals surface area contributed by atoms with Crippen LogP contribution in [-0.2, 0) is 4.79 Å². The van der Waals surface area contributed by atoms with Gasteiger partial charge in [-0.2, -0.15) is 0 Å². The zero-order chi connectivity index (χ0) is 19.6. The third-order valence-corrected chi connectivity index (χ3v) is 4.90. The zero-order valence-electron chi connectivity index (χ0n) is 15.4. The monoisotopic (exact) mass is 388 g/mol. The lowest BCUT2D eigenvalue weighted by Crippen LogP contribution is -2.57. The van der Waals surface area contributed by atoms with Gasteiger partial charge in [-0.1, -0.05) is 11.6 Å². The van der Waals surface area contributed by atoms with Crippen LogP contribution < -0.4 is 14.4 Å². The van der Waals surface area contributed by atoms with Crippen molar-refractivity contribution in [3.05, 3.63) is 53.1 Å². The van der Waals surface area contributed by atoms with Crippen molar-refractivity contribution in [3.8, 4) is 11.5 Å². The van der Waals surface area contributed by atoms with Gasteiger partial charge in [0.2, 0.25) is 5.91 Å². The number of nitrogens with zero attached hydrogens (tertiary/aromatic N) is 2. The van der Waals surface area contributed by atoms with Gasteiger partial charge in [0.1, 0.15) is 17.5 Å². The average molecular weight is 389 g/mol. The number of hydrogen-bond donors (Lipinski definition) is 0. The fourth-order valence-corrected chi connectivity index (χ4v) is 3.25. The second-order valence-corrected chi connectivity index (χ2v) is 6.68. The third-order valence-electron chi connectivity index (χ3n) is 4.65. The number of carbonyl (C=O) groups is 2. The third kappa shape index (κ3) is 3.85. The van der Waals surface area contributed by atoms with E-state index in [0.717, 1.165) is 5.69 Å². The summed E-state index contributed by atoms with van der Waals surface area (Å²) in [4.78, 5) is 29.1. The lowest BCUT2D eigenvalue weighted by atomic mass is 10.1.